The number of unbranched alkanes of at least 4 members (excludes halogenated alkanes) is 3. The summed E-state index contributed by atoms with van der Waals surface area (Å²) >= 11 is 0. The van der Waals surface area contributed by atoms with Crippen LogP contribution in [0.4, 0.5) is 0 Å². The number of aliphatic carboxylic acids is 1. The van der Waals surface area contributed by atoms with Gasteiger partial charge in [-0.3, -0.25) is 9.59 Å². The Morgan fingerprint density at radius 3 is 2.62 bits per heavy atom. The third-order valence-electron chi connectivity index (χ3n) is 5.57. The van der Waals surface area contributed by atoms with Crippen molar-refractivity contribution in [2.24, 2.45) is 13.0 Å². The first kappa shape index (κ1) is 23.1. The Morgan fingerprint density at radius 2 is 1.97 bits per heavy atom. The van der Waals surface area contributed by atoms with Crippen LogP contribution in [0.25, 0.3) is 11.0 Å². The van der Waals surface area contributed by atoms with Crippen LogP contribution in [-0.4, -0.2) is 36.6 Å². The Kier molecular flexibility index (Phi) is 7.71. The van der Waals surface area contributed by atoms with Crippen LogP contribution in [0.3, 0.4) is 0 Å². The molecule has 0 aliphatic heterocycles. The van der Waals surface area contributed by atoms with E-state index >= 15 is 0 Å². The molecule has 3 rings (SSSR count). The van der Waals surface area contributed by atoms with Gasteiger partial charge in [0.05, 0.1) is 5.56 Å². The van der Waals surface area contributed by atoms with Crippen molar-refractivity contribution in [2.75, 3.05) is 0 Å². The van der Waals surface area contributed by atoms with E-state index in [1.54, 1.807) is 13.0 Å². The lowest BCUT2D eigenvalue weighted by atomic mass is 9.94. The van der Waals surface area contributed by atoms with Crippen molar-refractivity contribution in [3.05, 3.63) is 41.4 Å². The number of carboxylic acids is 1. The van der Waals surface area contributed by atoms with Crippen LogP contribution in [-0.2, 0) is 24.7 Å². The molecule has 0 saturated carbocycles. The van der Waals surface area contributed by atoms with Gasteiger partial charge < -0.3 is 14.1 Å². The summed E-state index contributed by atoms with van der Waals surface area (Å²) in [4.78, 5) is 28.6. The van der Waals surface area contributed by atoms with Crippen LogP contribution in [0, 0.1) is 17.2 Å². The molecule has 1 N–H and O–H groups in total. The number of carbonyl (C=O) groups excluding carboxylic acids is 1. The highest BCUT2D eigenvalue weighted by molar-refractivity contribution is 6.09. The lowest BCUT2D eigenvalue weighted by Crippen LogP contribution is -2.12. The van der Waals surface area contributed by atoms with Gasteiger partial charge in [0.15, 0.2) is 5.78 Å². The van der Waals surface area contributed by atoms with Crippen molar-refractivity contribution >= 4 is 22.8 Å². The smallest absolute Gasteiger partial charge is 0.303 e. The maximum atomic E-state index is 13.2. The molecule has 9 heteroatoms. The zero-order valence-electron chi connectivity index (χ0n) is 18.4. The first-order valence-electron chi connectivity index (χ1n) is 10.8. The fourth-order valence-electron chi connectivity index (χ4n) is 4.04. The molecule has 3 heterocycles. The predicted molar refractivity (Wildman–Crippen MR) is 116 cm³/mol. The number of Topliss-reactive ketones (excluding diaryl/α,β-unsaturated/α-hetero) is 1. The molecule has 0 fully saturated rings. The molecule has 0 radical (unpaired) electrons. The summed E-state index contributed by atoms with van der Waals surface area (Å²) in [6, 6.07) is 3.78. The van der Waals surface area contributed by atoms with Gasteiger partial charge in [-0.1, -0.05) is 19.8 Å². The van der Waals surface area contributed by atoms with Gasteiger partial charge in [-0.25, -0.2) is 4.98 Å². The van der Waals surface area contributed by atoms with Gasteiger partial charge in [0.25, 0.3) is 0 Å². The molecule has 0 spiro atoms. The molecular weight excluding hydrogens is 410 g/mol. The van der Waals surface area contributed by atoms with Gasteiger partial charge >= 0.3 is 5.97 Å². The van der Waals surface area contributed by atoms with Crippen LogP contribution in [0.2, 0.25) is 0 Å². The Labute approximate surface area is 186 Å². The Bertz CT molecular complexity index is 1130. The molecule has 0 aliphatic rings. The number of pyridine rings is 1. The summed E-state index contributed by atoms with van der Waals surface area (Å²) in [5.41, 5.74) is 2.50. The summed E-state index contributed by atoms with van der Waals surface area (Å²) in [5, 5.41) is 26.5. The van der Waals surface area contributed by atoms with Crippen LogP contribution in [0.1, 0.15) is 73.0 Å². The minimum Gasteiger partial charge on any atom is -0.481 e. The topological polar surface area (TPSA) is 135 Å². The van der Waals surface area contributed by atoms with Crippen molar-refractivity contribution < 1.29 is 19.1 Å². The van der Waals surface area contributed by atoms with E-state index in [1.165, 1.54) is 12.6 Å². The number of fused-ring (bicyclic) bond motifs is 1. The number of carbonyl (C=O) groups is 2. The molecular formula is C23H27N5O4. The highest BCUT2D eigenvalue weighted by Crippen LogP contribution is 2.29. The van der Waals surface area contributed by atoms with Crippen LogP contribution in [0.15, 0.2) is 23.1 Å². The maximum Gasteiger partial charge on any atom is 0.303 e. The first-order valence-corrected chi connectivity index (χ1v) is 10.8. The quantitative estimate of drug-likeness (QED) is 0.333. The van der Waals surface area contributed by atoms with E-state index in [1.807, 2.05) is 11.6 Å². The van der Waals surface area contributed by atoms with Crippen LogP contribution < -0.4 is 0 Å². The third kappa shape index (κ3) is 5.58. The summed E-state index contributed by atoms with van der Waals surface area (Å²) in [7, 11) is 1.88. The number of hydrogen-bond acceptors (Lipinski definition) is 7. The van der Waals surface area contributed by atoms with Gasteiger partial charge in [-0.2, -0.15) is 5.26 Å². The SMILES string of the molecule is C[C@H](CC(=O)O)CC(=O)c1c(CCCCCCc2nnco2)n(C)c2ncc(C#N)cc12. The standard InChI is InChI=1S/C23H27N5O4/c1-15(10-21(30)31)9-19(29)22-17-11-16(12-24)13-25-23(17)28(2)18(22)7-5-3-4-6-8-20-27-26-14-32-20/h11,13-15H,3-10H2,1-2H3,(H,30,31)/t15-/m0/s1. The molecule has 0 bridgehead atoms. The van der Waals surface area contributed by atoms with Crippen LogP contribution in [0.5, 0.6) is 0 Å². The Morgan fingerprint density at radius 1 is 1.22 bits per heavy atom. The molecule has 0 aliphatic carbocycles. The average molecular weight is 438 g/mol. The predicted octanol–water partition coefficient (Wildman–Crippen LogP) is 3.86. The van der Waals surface area contributed by atoms with E-state index < -0.39 is 5.97 Å². The molecule has 0 saturated heterocycles. The van der Waals surface area contributed by atoms with Gasteiger partial charge in [0.2, 0.25) is 12.3 Å². The number of rotatable bonds is 12. The van der Waals surface area contributed by atoms with Crippen LogP contribution >= 0.6 is 0 Å². The second-order valence-corrected chi connectivity index (χ2v) is 8.16. The number of carboxylic acid groups (broad SMARTS) is 1. The molecule has 0 unspecified atom stereocenters. The molecule has 32 heavy (non-hydrogen) atoms. The monoisotopic (exact) mass is 437 g/mol. The van der Waals surface area contributed by atoms with E-state index in [0.717, 1.165) is 37.8 Å². The summed E-state index contributed by atoms with van der Waals surface area (Å²) in [6.07, 6.45) is 8.18. The van der Waals surface area contributed by atoms with Crippen molar-refractivity contribution in [3.8, 4) is 6.07 Å². The number of nitrogens with zero attached hydrogens (tertiary/aromatic N) is 5. The fourth-order valence-corrected chi connectivity index (χ4v) is 4.04. The lowest BCUT2D eigenvalue weighted by Gasteiger charge is -2.10. The number of aryl methyl sites for hydroxylation is 2. The summed E-state index contributed by atoms with van der Waals surface area (Å²) in [5.74, 6) is -0.661. The van der Waals surface area contributed by atoms with E-state index in [2.05, 4.69) is 21.3 Å². The summed E-state index contributed by atoms with van der Waals surface area (Å²) in [6.45, 7) is 1.76. The zero-order chi connectivity index (χ0) is 23.1. The Hall–Kier alpha value is -3.54. The van der Waals surface area contributed by atoms with Crippen molar-refractivity contribution in [1.29, 1.82) is 5.26 Å². The first-order chi connectivity index (χ1) is 15.4. The molecule has 0 amide bonds. The number of aromatic nitrogens is 4. The molecule has 9 nitrogen and oxygen atoms in total. The van der Waals surface area contributed by atoms with E-state index in [4.69, 9.17) is 9.52 Å². The van der Waals surface area contributed by atoms with Crippen molar-refractivity contribution in [1.82, 2.24) is 19.7 Å². The molecule has 0 aromatic carbocycles. The van der Waals surface area contributed by atoms with Crippen molar-refractivity contribution in [3.63, 3.8) is 0 Å². The largest absolute Gasteiger partial charge is 0.481 e. The average Bonchev–Trinajstić information content (AvgIpc) is 3.36. The molecule has 1 atom stereocenters. The fraction of sp³-hybridized carbons (Fsp3) is 0.478. The molecule has 168 valence electrons. The van der Waals surface area contributed by atoms with Gasteiger partial charge in [0.1, 0.15) is 11.7 Å². The van der Waals surface area contributed by atoms with Crippen molar-refractivity contribution in [2.45, 2.75) is 58.3 Å². The zero-order valence-corrected chi connectivity index (χ0v) is 18.4. The van der Waals surface area contributed by atoms with E-state index in [9.17, 15) is 14.9 Å². The number of hydrogen-bond donors (Lipinski definition) is 1. The van der Waals surface area contributed by atoms with E-state index in [0.29, 0.717) is 34.5 Å². The highest BCUT2D eigenvalue weighted by Gasteiger charge is 2.24. The normalized spacial score (nSPS) is 12.0. The summed E-state index contributed by atoms with van der Waals surface area (Å²) < 4.78 is 7.07. The maximum absolute atomic E-state index is 13.2. The minimum atomic E-state index is -0.919. The Balaban J connectivity index is 1.75. The molecule has 3 aromatic heterocycles. The number of ketones is 1. The minimum absolute atomic E-state index is 0.0619. The van der Waals surface area contributed by atoms with Gasteiger partial charge in [0, 0.05) is 49.2 Å². The molecule has 3 aromatic rings. The lowest BCUT2D eigenvalue weighted by molar-refractivity contribution is -0.137. The highest BCUT2D eigenvalue weighted by atomic mass is 16.4. The third-order valence-corrected chi connectivity index (χ3v) is 5.57. The number of nitriles is 1. The van der Waals surface area contributed by atoms with Gasteiger partial charge in [-0.15, -0.1) is 10.2 Å². The second kappa shape index (κ2) is 10.7. The second-order valence-electron chi connectivity index (χ2n) is 8.16. The van der Waals surface area contributed by atoms with Gasteiger partial charge in [-0.05, 0) is 31.2 Å². The van der Waals surface area contributed by atoms with E-state index in [-0.39, 0.29) is 24.5 Å².